The number of unbranched alkanes of at least 4 members (excludes halogenated alkanes) is 2. The van der Waals surface area contributed by atoms with Gasteiger partial charge in [-0.05, 0) is 18.8 Å². The first-order valence-corrected chi connectivity index (χ1v) is 7.72. The van der Waals surface area contributed by atoms with Crippen LogP contribution in [0.15, 0.2) is 0 Å². The molecule has 4 heteroatoms. The molecule has 0 bridgehead atoms. The molecule has 0 aromatic carbocycles. The van der Waals surface area contributed by atoms with Crippen LogP contribution < -0.4 is 0 Å². The molecule has 0 aromatic heterocycles. The Morgan fingerprint density at radius 3 is 2.65 bits per heavy atom. The fourth-order valence-electron chi connectivity index (χ4n) is 3.04. The summed E-state index contributed by atoms with van der Waals surface area (Å²) in [4.78, 5) is 34.6. The molecule has 0 radical (unpaired) electrons. The zero-order valence-corrected chi connectivity index (χ0v) is 12.6. The molecule has 0 spiro atoms. The number of ketones is 2. The van der Waals surface area contributed by atoms with E-state index in [0.717, 1.165) is 32.1 Å². The Kier molecular flexibility index (Phi) is 6.89. The van der Waals surface area contributed by atoms with Gasteiger partial charge in [0.1, 0.15) is 11.6 Å². The van der Waals surface area contributed by atoms with Crippen LogP contribution in [0.2, 0.25) is 0 Å². The smallest absolute Gasteiger partial charge is 0.306 e. The van der Waals surface area contributed by atoms with Crippen LogP contribution in [-0.2, 0) is 14.4 Å². The molecule has 1 fully saturated rings. The Balaban J connectivity index is 2.46. The molecule has 1 saturated carbocycles. The van der Waals surface area contributed by atoms with Crippen molar-refractivity contribution in [1.82, 2.24) is 0 Å². The highest BCUT2D eigenvalue weighted by atomic mass is 16.4. The summed E-state index contributed by atoms with van der Waals surface area (Å²) in [6, 6.07) is 0. The summed E-state index contributed by atoms with van der Waals surface area (Å²) in [5, 5.41) is 8.82. The van der Waals surface area contributed by atoms with Crippen LogP contribution >= 0.6 is 0 Å². The molecule has 3 atom stereocenters. The van der Waals surface area contributed by atoms with Crippen LogP contribution in [-0.4, -0.2) is 22.6 Å². The molecular formula is C16H26O4. The number of aliphatic carboxylic acids is 1. The highest BCUT2D eigenvalue weighted by Crippen LogP contribution is 2.35. The van der Waals surface area contributed by atoms with E-state index in [2.05, 4.69) is 6.92 Å². The maximum atomic E-state index is 11.9. The fraction of sp³-hybridized carbons (Fsp3) is 0.812. The first-order chi connectivity index (χ1) is 9.45. The van der Waals surface area contributed by atoms with Gasteiger partial charge in [0.15, 0.2) is 0 Å². The van der Waals surface area contributed by atoms with Crippen molar-refractivity contribution in [2.45, 2.75) is 65.2 Å². The molecule has 1 N–H and O–H groups in total. The minimum atomic E-state index is -0.930. The number of hydrogen-bond acceptors (Lipinski definition) is 3. The Morgan fingerprint density at radius 1 is 1.35 bits per heavy atom. The molecule has 0 saturated heterocycles. The van der Waals surface area contributed by atoms with Crippen molar-refractivity contribution >= 4 is 17.5 Å². The molecule has 1 aliphatic rings. The van der Waals surface area contributed by atoms with Crippen molar-refractivity contribution < 1.29 is 19.5 Å². The monoisotopic (exact) mass is 282 g/mol. The number of hydrogen-bond donors (Lipinski definition) is 1. The summed E-state index contributed by atoms with van der Waals surface area (Å²) in [7, 11) is 0. The minimum absolute atomic E-state index is 0.0138. The first-order valence-electron chi connectivity index (χ1n) is 7.72. The van der Waals surface area contributed by atoms with Gasteiger partial charge >= 0.3 is 5.97 Å². The Hall–Kier alpha value is -1.19. The van der Waals surface area contributed by atoms with Crippen molar-refractivity contribution in [3.63, 3.8) is 0 Å². The first kappa shape index (κ1) is 16.9. The maximum absolute atomic E-state index is 11.9. The van der Waals surface area contributed by atoms with Gasteiger partial charge in [-0.25, -0.2) is 0 Å². The van der Waals surface area contributed by atoms with E-state index in [0.29, 0.717) is 18.6 Å². The lowest BCUT2D eigenvalue weighted by Gasteiger charge is -2.18. The summed E-state index contributed by atoms with van der Waals surface area (Å²) in [6.45, 7) is 3.68. The van der Waals surface area contributed by atoms with E-state index >= 15 is 0 Å². The van der Waals surface area contributed by atoms with Gasteiger partial charge in [-0.3, -0.25) is 14.4 Å². The minimum Gasteiger partial charge on any atom is -0.481 e. The average molecular weight is 282 g/mol. The third-order valence-corrected chi connectivity index (χ3v) is 4.31. The highest BCUT2D eigenvalue weighted by Gasteiger charge is 2.35. The van der Waals surface area contributed by atoms with Crippen LogP contribution in [0.25, 0.3) is 0 Å². The average Bonchev–Trinajstić information content (AvgIpc) is 2.71. The Labute approximate surface area is 120 Å². The number of carbonyl (C=O) groups is 3. The second-order valence-corrected chi connectivity index (χ2v) is 6.05. The van der Waals surface area contributed by atoms with Crippen LogP contribution in [0.4, 0.5) is 0 Å². The van der Waals surface area contributed by atoms with E-state index in [1.807, 2.05) is 0 Å². The molecular weight excluding hydrogens is 256 g/mol. The summed E-state index contributed by atoms with van der Waals surface area (Å²) in [5.41, 5.74) is 0. The molecule has 0 heterocycles. The molecule has 1 aliphatic carbocycles. The normalized spacial score (nSPS) is 23.8. The van der Waals surface area contributed by atoms with Crippen molar-refractivity contribution in [3.8, 4) is 0 Å². The molecule has 0 aromatic rings. The van der Waals surface area contributed by atoms with Crippen LogP contribution in [0, 0.1) is 17.8 Å². The van der Waals surface area contributed by atoms with Crippen molar-refractivity contribution in [2.75, 3.05) is 0 Å². The van der Waals surface area contributed by atoms with E-state index in [-0.39, 0.29) is 24.0 Å². The van der Waals surface area contributed by atoms with E-state index in [1.165, 1.54) is 0 Å². The standard InChI is InChI=1S/C16H26O4/c1-3-4-5-6-14-12(7-8-15(14)18)10-13(17)9-11(2)16(19)20/h11-12,14H,3-10H2,1-2H3,(H,19,20). The van der Waals surface area contributed by atoms with Crippen molar-refractivity contribution in [2.24, 2.45) is 17.8 Å². The van der Waals surface area contributed by atoms with Gasteiger partial charge in [0.05, 0.1) is 5.92 Å². The van der Waals surface area contributed by atoms with E-state index in [1.54, 1.807) is 6.92 Å². The van der Waals surface area contributed by atoms with Crippen molar-refractivity contribution in [1.29, 1.82) is 0 Å². The molecule has 20 heavy (non-hydrogen) atoms. The SMILES string of the molecule is CCCCCC1C(=O)CCC1CC(=O)CC(C)C(=O)O. The van der Waals surface area contributed by atoms with Gasteiger partial charge in [0, 0.05) is 25.2 Å². The second kappa shape index (κ2) is 8.18. The number of carboxylic acids is 1. The van der Waals surface area contributed by atoms with Gasteiger partial charge in [-0.1, -0.05) is 33.1 Å². The number of rotatable bonds is 9. The Bertz CT molecular complexity index is 361. The molecule has 1 rings (SSSR count). The zero-order valence-electron chi connectivity index (χ0n) is 12.6. The second-order valence-electron chi connectivity index (χ2n) is 6.05. The molecule has 4 nitrogen and oxygen atoms in total. The van der Waals surface area contributed by atoms with E-state index in [4.69, 9.17) is 5.11 Å². The van der Waals surface area contributed by atoms with E-state index < -0.39 is 11.9 Å². The number of carboxylic acid groups (broad SMARTS) is 1. The zero-order chi connectivity index (χ0) is 15.1. The van der Waals surface area contributed by atoms with Crippen LogP contribution in [0.5, 0.6) is 0 Å². The van der Waals surface area contributed by atoms with E-state index in [9.17, 15) is 14.4 Å². The molecule has 0 aliphatic heterocycles. The van der Waals surface area contributed by atoms with Crippen LogP contribution in [0.3, 0.4) is 0 Å². The van der Waals surface area contributed by atoms with Crippen LogP contribution in [0.1, 0.15) is 65.2 Å². The highest BCUT2D eigenvalue weighted by molar-refractivity contribution is 5.87. The summed E-state index contributed by atoms with van der Waals surface area (Å²) >= 11 is 0. The topological polar surface area (TPSA) is 71.4 Å². The van der Waals surface area contributed by atoms with Crippen molar-refractivity contribution in [3.05, 3.63) is 0 Å². The third kappa shape index (κ3) is 5.06. The predicted octanol–water partition coefficient (Wildman–Crippen LogP) is 3.23. The summed E-state index contributed by atoms with van der Waals surface area (Å²) in [6.07, 6.45) is 6.03. The molecule has 114 valence electrons. The maximum Gasteiger partial charge on any atom is 0.306 e. The molecule has 3 unspecified atom stereocenters. The van der Waals surface area contributed by atoms with Gasteiger partial charge in [0.2, 0.25) is 0 Å². The fourth-order valence-corrected chi connectivity index (χ4v) is 3.04. The van der Waals surface area contributed by atoms with Gasteiger partial charge < -0.3 is 5.11 Å². The quantitative estimate of drug-likeness (QED) is 0.659. The number of carbonyl (C=O) groups excluding carboxylic acids is 2. The lowest BCUT2D eigenvalue weighted by molar-refractivity contribution is -0.143. The largest absolute Gasteiger partial charge is 0.481 e. The lowest BCUT2D eigenvalue weighted by Crippen LogP contribution is -2.20. The molecule has 0 amide bonds. The van der Waals surface area contributed by atoms with Gasteiger partial charge in [-0.2, -0.15) is 0 Å². The summed E-state index contributed by atoms with van der Waals surface area (Å²) in [5.74, 6) is -1.10. The summed E-state index contributed by atoms with van der Waals surface area (Å²) < 4.78 is 0. The lowest BCUT2D eigenvalue weighted by atomic mass is 9.85. The van der Waals surface area contributed by atoms with Gasteiger partial charge in [-0.15, -0.1) is 0 Å². The van der Waals surface area contributed by atoms with Gasteiger partial charge in [0.25, 0.3) is 0 Å². The predicted molar refractivity (Wildman–Crippen MR) is 76.4 cm³/mol. The number of Topliss-reactive ketones (excluding diaryl/α,β-unsaturated/α-hetero) is 2. The Morgan fingerprint density at radius 2 is 2.05 bits per heavy atom. The third-order valence-electron chi connectivity index (χ3n) is 4.31.